The summed E-state index contributed by atoms with van der Waals surface area (Å²) in [4.78, 5) is 30.3. The number of carbonyl (C=O) groups excluding carboxylic acids is 2. The minimum absolute atomic E-state index is 0.107. The molecule has 2 amide bonds. The quantitative estimate of drug-likeness (QED) is 0.365. The zero-order chi connectivity index (χ0) is 31.0. The second kappa shape index (κ2) is 12.4. The van der Waals surface area contributed by atoms with Crippen LogP contribution in [0.15, 0.2) is 36.4 Å². The molecule has 2 heterocycles. The van der Waals surface area contributed by atoms with Gasteiger partial charge in [0.25, 0.3) is 17.4 Å². The number of hydrogen-bond acceptors (Lipinski definition) is 4. The van der Waals surface area contributed by atoms with Crippen molar-refractivity contribution in [1.29, 1.82) is 0 Å². The van der Waals surface area contributed by atoms with Crippen LogP contribution >= 0.6 is 34.8 Å². The van der Waals surface area contributed by atoms with Crippen molar-refractivity contribution in [2.75, 3.05) is 45.2 Å². The molecule has 2 aliphatic rings. The Hall–Kier alpha value is -2.20. The van der Waals surface area contributed by atoms with E-state index in [0.29, 0.717) is 29.3 Å². The molecular formula is C30H35Cl3F3N3O3. The first-order valence-electron chi connectivity index (χ1n) is 13.9. The van der Waals surface area contributed by atoms with Crippen molar-refractivity contribution in [2.45, 2.75) is 50.8 Å². The number of halogens is 6. The molecule has 230 valence electrons. The highest BCUT2D eigenvalue weighted by atomic mass is 35.5. The summed E-state index contributed by atoms with van der Waals surface area (Å²) in [6, 6.07) is 8.57. The van der Waals surface area contributed by atoms with E-state index in [1.54, 1.807) is 20.2 Å². The van der Waals surface area contributed by atoms with Crippen LogP contribution in [0.4, 0.5) is 18.9 Å². The maximum absolute atomic E-state index is 14.2. The summed E-state index contributed by atoms with van der Waals surface area (Å²) in [6.07, 6.45) is -1.43. The molecule has 2 fully saturated rings. The van der Waals surface area contributed by atoms with Crippen molar-refractivity contribution in [2.24, 2.45) is 11.3 Å². The van der Waals surface area contributed by atoms with Crippen LogP contribution in [0, 0.1) is 11.3 Å². The summed E-state index contributed by atoms with van der Waals surface area (Å²) in [6.45, 7) is 3.98. The number of amides is 2. The smallest absolute Gasteiger partial charge is 0.371 e. The van der Waals surface area contributed by atoms with Crippen molar-refractivity contribution in [1.82, 2.24) is 9.80 Å². The Morgan fingerprint density at radius 1 is 0.976 bits per heavy atom. The van der Waals surface area contributed by atoms with Gasteiger partial charge in [-0.2, -0.15) is 13.2 Å². The van der Waals surface area contributed by atoms with Gasteiger partial charge in [0.2, 0.25) is 0 Å². The fraction of sp³-hybridized carbons (Fsp3) is 0.533. The molecule has 4 rings (SSSR count). The summed E-state index contributed by atoms with van der Waals surface area (Å²) >= 11 is 18.2. The molecule has 2 aliphatic heterocycles. The van der Waals surface area contributed by atoms with Gasteiger partial charge in [-0.1, -0.05) is 41.7 Å². The molecule has 1 N–H and O–H groups in total. The molecule has 42 heavy (non-hydrogen) atoms. The number of piperidine rings is 2. The number of benzene rings is 2. The fourth-order valence-corrected chi connectivity index (χ4v) is 6.84. The number of likely N-dealkylation sites (tertiary alicyclic amines) is 1. The summed E-state index contributed by atoms with van der Waals surface area (Å²) in [5.41, 5.74) is -3.16. The third-order valence-electron chi connectivity index (χ3n) is 8.61. The Bertz CT molecular complexity index is 1300. The minimum atomic E-state index is -5.26. The average Bonchev–Trinajstić information content (AvgIpc) is 2.91. The minimum Gasteiger partial charge on any atom is -0.371 e. The van der Waals surface area contributed by atoms with Crippen LogP contribution in [0.1, 0.15) is 54.9 Å². The third kappa shape index (κ3) is 6.79. The second-order valence-electron chi connectivity index (χ2n) is 12.0. The second-order valence-corrected chi connectivity index (χ2v) is 13.2. The molecule has 0 saturated carbocycles. The van der Waals surface area contributed by atoms with Crippen LogP contribution < -0.4 is 4.90 Å². The van der Waals surface area contributed by atoms with Crippen LogP contribution in [0.25, 0.3) is 0 Å². The maximum atomic E-state index is 14.2. The molecule has 0 radical (unpaired) electrons. The molecule has 0 aliphatic carbocycles. The summed E-state index contributed by atoms with van der Waals surface area (Å²) in [7, 11) is 3.36. The van der Waals surface area contributed by atoms with E-state index in [-0.39, 0.29) is 34.5 Å². The lowest BCUT2D eigenvalue weighted by Gasteiger charge is -2.45. The van der Waals surface area contributed by atoms with Gasteiger partial charge in [-0.15, -0.1) is 0 Å². The van der Waals surface area contributed by atoms with Crippen molar-refractivity contribution >= 4 is 52.3 Å². The number of carbonyl (C=O) groups is 2. The summed E-state index contributed by atoms with van der Waals surface area (Å²) in [5, 5.41) is 11.0. The fourth-order valence-electron chi connectivity index (χ4n) is 6.06. The molecule has 1 atom stereocenters. The Balaban J connectivity index is 1.36. The first-order valence-corrected chi connectivity index (χ1v) is 15.0. The predicted molar refractivity (Wildman–Crippen MR) is 159 cm³/mol. The number of alkyl halides is 3. The third-order valence-corrected chi connectivity index (χ3v) is 9.36. The van der Waals surface area contributed by atoms with Crippen LogP contribution in [0.5, 0.6) is 0 Å². The first kappa shape index (κ1) is 32.7. The van der Waals surface area contributed by atoms with E-state index >= 15 is 0 Å². The van der Waals surface area contributed by atoms with Crippen molar-refractivity contribution in [3.8, 4) is 0 Å². The highest BCUT2D eigenvalue weighted by Crippen LogP contribution is 2.45. The Morgan fingerprint density at radius 2 is 1.55 bits per heavy atom. The van der Waals surface area contributed by atoms with Gasteiger partial charge in [0.1, 0.15) is 0 Å². The number of hydrogen-bond donors (Lipinski definition) is 1. The van der Waals surface area contributed by atoms with Gasteiger partial charge in [-0.05, 0) is 79.8 Å². The molecule has 2 aromatic rings. The van der Waals surface area contributed by atoms with Gasteiger partial charge in [-0.3, -0.25) is 9.59 Å². The van der Waals surface area contributed by atoms with E-state index in [9.17, 15) is 27.9 Å². The van der Waals surface area contributed by atoms with Gasteiger partial charge >= 0.3 is 6.18 Å². The topological polar surface area (TPSA) is 64.1 Å². The maximum Gasteiger partial charge on any atom is 0.430 e. The average molecular weight is 649 g/mol. The van der Waals surface area contributed by atoms with Crippen LogP contribution in [0.2, 0.25) is 15.1 Å². The molecule has 6 nitrogen and oxygen atoms in total. The van der Waals surface area contributed by atoms with Crippen LogP contribution in [-0.4, -0.2) is 73.2 Å². The highest BCUT2D eigenvalue weighted by Gasteiger charge is 2.62. The first-order chi connectivity index (χ1) is 19.5. The van der Waals surface area contributed by atoms with Gasteiger partial charge < -0.3 is 19.8 Å². The monoisotopic (exact) mass is 647 g/mol. The van der Waals surface area contributed by atoms with Crippen molar-refractivity contribution < 1.29 is 27.9 Å². The molecule has 2 aromatic carbocycles. The number of aliphatic hydroxyl groups is 1. The molecule has 0 bridgehead atoms. The summed E-state index contributed by atoms with van der Waals surface area (Å²) in [5.74, 6) is -1.14. The van der Waals surface area contributed by atoms with E-state index < -0.39 is 23.2 Å². The Labute approximate surface area is 259 Å². The SMILES string of the molecule is CN(C)C(=O)c1ccc(N2CCC(CC3(C)CCN(C(=O)C(O)(c4cc(Cl)cc(Cl)c4)C(F)(F)F)CC3)CC2)cc1Cl. The van der Waals surface area contributed by atoms with Gasteiger partial charge in [0.15, 0.2) is 0 Å². The Kier molecular flexibility index (Phi) is 9.68. The molecule has 0 aromatic heterocycles. The lowest BCUT2D eigenvalue weighted by molar-refractivity contribution is -0.262. The summed E-state index contributed by atoms with van der Waals surface area (Å²) < 4.78 is 42.5. The van der Waals surface area contributed by atoms with Crippen LogP contribution in [-0.2, 0) is 10.4 Å². The zero-order valence-electron chi connectivity index (χ0n) is 23.8. The standard InChI is InChI=1S/C30H35Cl3F3N3O3/c1-28(18-19-6-10-38(11-7-19)23-4-5-24(25(33)17-23)26(40)37(2)3)8-12-39(13-9-28)27(41)29(42,30(34,35)36)20-14-21(31)16-22(32)15-20/h4-5,14-17,19,42H,6-13,18H2,1-3H3. The molecule has 1 unspecified atom stereocenters. The van der Waals surface area contributed by atoms with E-state index in [2.05, 4.69) is 11.8 Å². The Morgan fingerprint density at radius 3 is 2.05 bits per heavy atom. The number of rotatable bonds is 6. The van der Waals surface area contributed by atoms with E-state index in [4.69, 9.17) is 34.8 Å². The molecule has 0 spiro atoms. The number of nitrogens with zero attached hydrogens (tertiary/aromatic N) is 3. The molecule has 12 heteroatoms. The lowest BCUT2D eigenvalue weighted by Crippen LogP contribution is -2.57. The normalized spacial score (nSPS) is 19.4. The van der Waals surface area contributed by atoms with E-state index in [1.807, 2.05) is 12.1 Å². The van der Waals surface area contributed by atoms with Crippen molar-refractivity contribution in [3.63, 3.8) is 0 Å². The zero-order valence-corrected chi connectivity index (χ0v) is 26.0. The lowest BCUT2D eigenvalue weighted by atomic mass is 9.71. The largest absolute Gasteiger partial charge is 0.430 e. The van der Waals surface area contributed by atoms with E-state index in [0.717, 1.165) is 55.1 Å². The van der Waals surface area contributed by atoms with Gasteiger partial charge in [-0.25, -0.2) is 0 Å². The molecule has 2 saturated heterocycles. The van der Waals surface area contributed by atoms with Gasteiger partial charge in [0.05, 0.1) is 10.6 Å². The highest BCUT2D eigenvalue weighted by molar-refractivity contribution is 6.35. The predicted octanol–water partition coefficient (Wildman–Crippen LogP) is 7.03. The molecular weight excluding hydrogens is 614 g/mol. The van der Waals surface area contributed by atoms with Gasteiger partial charge in [0, 0.05) is 61.6 Å². The number of anilines is 1. The van der Waals surface area contributed by atoms with E-state index in [1.165, 1.54) is 11.0 Å². The van der Waals surface area contributed by atoms with Crippen molar-refractivity contribution in [3.05, 3.63) is 62.6 Å². The van der Waals surface area contributed by atoms with Crippen LogP contribution in [0.3, 0.4) is 0 Å².